The summed E-state index contributed by atoms with van der Waals surface area (Å²) in [6.07, 6.45) is -4.33. The maximum atomic E-state index is 12.9. The number of fused-ring (bicyclic) bond motifs is 1. The summed E-state index contributed by atoms with van der Waals surface area (Å²) in [4.78, 5) is 38.4. The maximum absolute atomic E-state index is 12.9. The van der Waals surface area contributed by atoms with Gasteiger partial charge in [-0.1, -0.05) is 12.1 Å². The van der Waals surface area contributed by atoms with E-state index in [0.717, 1.165) is 24.3 Å². The molecule has 55 heavy (non-hydrogen) atoms. The van der Waals surface area contributed by atoms with Crippen LogP contribution in [0.2, 0.25) is 0 Å². The summed E-state index contributed by atoms with van der Waals surface area (Å²) in [5.74, 6) is -4.32. The van der Waals surface area contributed by atoms with Crippen LogP contribution >= 0.6 is 0 Å². The van der Waals surface area contributed by atoms with Gasteiger partial charge in [0, 0.05) is 35.9 Å². The number of hydrogen-bond donors (Lipinski definition) is 8. The Bertz CT molecular complexity index is 2350. The minimum atomic E-state index is -1.91. The predicted octanol–water partition coefficient (Wildman–Crippen LogP) is 3.40. The average molecular weight is 757 g/mol. The number of aliphatic hydroxyl groups excluding tert-OH is 2. The molecule has 0 unspecified atom stereocenters. The quantitative estimate of drug-likeness (QED) is 0.0577. The van der Waals surface area contributed by atoms with Crippen molar-refractivity contribution in [2.45, 2.75) is 30.7 Å². The Morgan fingerprint density at radius 2 is 1.31 bits per heavy atom. The molecule has 5 aromatic rings. The summed E-state index contributed by atoms with van der Waals surface area (Å²) in [5, 5.41) is 81.1. The van der Waals surface area contributed by atoms with E-state index in [1.807, 2.05) is 0 Å². The molecule has 1 fully saturated rings. The van der Waals surface area contributed by atoms with Crippen molar-refractivity contribution in [1.82, 2.24) is 0 Å². The van der Waals surface area contributed by atoms with E-state index in [2.05, 4.69) is 0 Å². The monoisotopic (exact) mass is 756 g/mol. The van der Waals surface area contributed by atoms with Gasteiger partial charge in [0.25, 0.3) is 0 Å². The van der Waals surface area contributed by atoms with Crippen molar-refractivity contribution in [3.8, 4) is 51.6 Å². The Morgan fingerprint density at radius 3 is 1.93 bits per heavy atom. The standard InChI is InChI=1S/C39H32O16/c40-22-7-5-21(6-8-22)30-17-29(46)35-28(45)15-23(16-31(35)53-30)52-39-37(50)38(55-34(48)12-4-20-2-10-25(42)27(44)14-20)36(49)32(54-39)18-51-33(47)11-3-19-1-9-24(41)26(43)13-19/h1-17,32,36-45,49-50H,18H2/t32-,36-,37-,38+,39-/m1/s1. The number of phenolic OH excluding ortho intramolecular Hbond substituents is 6. The van der Waals surface area contributed by atoms with Crippen LogP contribution in [-0.4, -0.2) is 90.1 Å². The van der Waals surface area contributed by atoms with Crippen LogP contribution in [0.5, 0.6) is 40.2 Å². The molecule has 16 heteroatoms. The number of benzene rings is 4. The lowest BCUT2D eigenvalue weighted by Crippen LogP contribution is -2.61. The molecule has 8 N–H and O–H groups in total. The van der Waals surface area contributed by atoms with Crippen LogP contribution in [-0.2, 0) is 23.8 Å². The number of esters is 2. The zero-order valence-electron chi connectivity index (χ0n) is 28.3. The highest BCUT2D eigenvalue weighted by molar-refractivity contribution is 5.88. The summed E-state index contributed by atoms with van der Waals surface area (Å²) in [6.45, 7) is -0.664. The van der Waals surface area contributed by atoms with E-state index >= 15 is 0 Å². The van der Waals surface area contributed by atoms with E-state index in [1.54, 1.807) is 0 Å². The first-order valence-corrected chi connectivity index (χ1v) is 16.3. The van der Waals surface area contributed by atoms with E-state index in [-0.39, 0.29) is 39.7 Å². The Labute approximate surface area is 309 Å². The molecule has 5 atom stereocenters. The lowest BCUT2D eigenvalue weighted by Gasteiger charge is -2.41. The largest absolute Gasteiger partial charge is 0.508 e. The Kier molecular flexibility index (Phi) is 10.9. The fourth-order valence-electron chi connectivity index (χ4n) is 5.49. The molecular weight excluding hydrogens is 724 g/mol. The zero-order chi connectivity index (χ0) is 39.4. The predicted molar refractivity (Wildman–Crippen MR) is 191 cm³/mol. The van der Waals surface area contributed by atoms with E-state index in [0.29, 0.717) is 16.7 Å². The van der Waals surface area contributed by atoms with Gasteiger partial charge in [-0.3, -0.25) is 4.79 Å². The first kappa shape index (κ1) is 37.7. The smallest absolute Gasteiger partial charge is 0.331 e. The van der Waals surface area contributed by atoms with Gasteiger partial charge < -0.3 is 64.2 Å². The molecule has 284 valence electrons. The van der Waals surface area contributed by atoms with Gasteiger partial charge >= 0.3 is 11.9 Å². The van der Waals surface area contributed by atoms with Crippen molar-refractivity contribution in [1.29, 1.82) is 0 Å². The van der Waals surface area contributed by atoms with E-state index < -0.39 is 71.9 Å². The molecule has 2 heterocycles. The van der Waals surface area contributed by atoms with Gasteiger partial charge in [0.05, 0.1) is 0 Å². The number of aliphatic hydroxyl groups is 2. The van der Waals surface area contributed by atoms with Crippen LogP contribution in [0.15, 0.2) is 100 Å². The van der Waals surface area contributed by atoms with Gasteiger partial charge in [0.15, 0.2) is 40.6 Å². The zero-order valence-corrected chi connectivity index (χ0v) is 28.3. The van der Waals surface area contributed by atoms with Gasteiger partial charge in [0.2, 0.25) is 6.29 Å². The molecule has 1 saturated heterocycles. The van der Waals surface area contributed by atoms with Gasteiger partial charge in [0.1, 0.15) is 52.8 Å². The molecule has 1 aliphatic rings. The van der Waals surface area contributed by atoms with E-state index in [9.17, 15) is 55.2 Å². The third-order valence-electron chi connectivity index (χ3n) is 8.29. The van der Waals surface area contributed by atoms with Crippen LogP contribution in [0.4, 0.5) is 0 Å². The van der Waals surface area contributed by atoms with Crippen LogP contribution in [0.3, 0.4) is 0 Å². The maximum Gasteiger partial charge on any atom is 0.331 e. The Balaban J connectivity index is 1.25. The molecule has 0 radical (unpaired) electrons. The summed E-state index contributed by atoms with van der Waals surface area (Å²) in [5.41, 5.74) is 0.315. The fraction of sp³-hybridized carbons (Fsp3) is 0.154. The molecule has 0 bridgehead atoms. The van der Waals surface area contributed by atoms with Crippen LogP contribution < -0.4 is 10.2 Å². The van der Waals surface area contributed by atoms with Crippen molar-refractivity contribution < 1.29 is 73.8 Å². The lowest BCUT2D eigenvalue weighted by atomic mass is 9.99. The third kappa shape index (κ3) is 8.80. The molecular formula is C39H32O16. The summed E-state index contributed by atoms with van der Waals surface area (Å²) >= 11 is 0. The molecule has 4 aromatic carbocycles. The van der Waals surface area contributed by atoms with E-state index in [4.69, 9.17) is 23.4 Å². The first-order valence-electron chi connectivity index (χ1n) is 16.3. The molecule has 16 nitrogen and oxygen atoms in total. The highest BCUT2D eigenvalue weighted by Gasteiger charge is 2.48. The average Bonchev–Trinajstić information content (AvgIpc) is 3.14. The second-order valence-corrected chi connectivity index (χ2v) is 12.2. The van der Waals surface area contributed by atoms with Gasteiger partial charge in [-0.05, 0) is 71.8 Å². The van der Waals surface area contributed by atoms with Crippen LogP contribution in [0.25, 0.3) is 34.4 Å². The second-order valence-electron chi connectivity index (χ2n) is 12.2. The summed E-state index contributed by atoms with van der Waals surface area (Å²) in [7, 11) is 0. The molecule has 0 saturated carbocycles. The van der Waals surface area contributed by atoms with Gasteiger partial charge in [-0.2, -0.15) is 0 Å². The minimum absolute atomic E-state index is 0.0197. The van der Waals surface area contributed by atoms with Crippen LogP contribution in [0.1, 0.15) is 11.1 Å². The molecule has 0 aliphatic carbocycles. The Hall–Kier alpha value is -7.01. The highest BCUT2D eigenvalue weighted by Crippen LogP contribution is 2.34. The van der Waals surface area contributed by atoms with Crippen molar-refractivity contribution in [2.75, 3.05) is 6.61 Å². The number of carbonyl (C=O) groups excluding carboxylic acids is 2. The van der Waals surface area contributed by atoms with Crippen molar-refractivity contribution in [3.05, 3.63) is 112 Å². The second kappa shape index (κ2) is 15.9. The van der Waals surface area contributed by atoms with Gasteiger partial charge in [-0.25, -0.2) is 9.59 Å². The van der Waals surface area contributed by atoms with Gasteiger partial charge in [-0.15, -0.1) is 0 Å². The molecule has 6 rings (SSSR count). The number of hydrogen-bond acceptors (Lipinski definition) is 16. The number of phenols is 6. The number of aromatic hydroxyl groups is 6. The van der Waals surface area contributed by atoms with Crippen molar-refractivity contribution in [2.24, 2.45) is 0 Å². The van der Waals surface area contributed by atoms with E-state index in [1.165, 1.54) is 78.9 Å². The summed E-state index contributed by atoms with van der Waals surface area (Å²) in [6, 6.07) is 16.7. The molecule has 0 spiro atoms. The highest BCUT2D eigenvalue weighted by atomic mass is 16.7. The number of rotatable bonds is 10. The third-order valence-corrected chi connectivity index (χ3v) is 8.29. The first-order chi connectivity index (χ1) is 26.2. The van der Waals surface area contributed by atoms with Crippen LogP contribution in [0, 0.1) is 0 Å². The topological polar surface area (TPSA) is 263 Å². The number of carbonyl (C=O) groups is 2. The van der Waals surface area contributed by atoms with Crippen molar-refractivity contribution >= 4 is 35.1 Å². The number of ether oxygens (including phenoxy) is 4. The fourth-order valence-corrected chi connectivity index (χ4v) is 5.49. The minimum Gasteiger partial charge on any atom is -0.508 e. The SMILES string of the molecule is O=C(C=Cc1ccc(O)c(O)c1)OC[C@H]1O[C@@H](Oc2cc(O)c3c(=O)cc(-c4ccc(O)cc4)oc3c2)[C@H](O)[C@@H](OC(=O)C=Cc2ccc(O)c(O)c2)[C@@H]1O. The normalized spacial score (nSPS) is 19.8. The Morgan fingerprint density at radius 1 is 0.691 bits per heavy atom. The lowest BCUT2D eigenvalue weighted by molar-refractivity contribution is -0.281. The van der Waals surface area contributed by atoms with Crippen molar-refractivity contribution in [3.63, 3.8) is 0 Å². The molecule has 1 aliphatic heterocycles. The molecule has 0 amide bonds. The summed E-state index contributed by atoms with van der Waals surface area (Å²) < 4.78 is 28.1. The molecule has 1 aromatic heterocycles.